The zero-order valence-corrected chi connectivity index (χ0v) is 13.5. The predicted octanol–water partition coefficient (Wildman–Crippen LogP) is 1.15. The maximum atomic E-state index is 12.1. The van der Waals surface area contributed by atoms with Gasteiger partial charge >= 0.3 is 0 Å². The highest BCUT2D eigenvalue weighted by atomic mass is 16.5. The smallest absolute Gasteiger partial charge is 0.242 e. The third kappa shape index (κ3) is 4.47. The fourth-order valence-corrected chi connectivity index (χ4v) is 1.95. The fourth-order valence-electron chi connectivity index (χ4n) is 1.95. The monoisotopic (exact) mass is 295 g/mol. The number of nitrogen functional groups attached to an aromatic ring is 1. The first-order valence-electron chi connectivity index (χ1n) is 7.16. The summed E-state index contributed by atoms with van der Waals surface area (Å²) in [5, 5.41) is 0. The summed E-state index contributed by atoms with van der Waals surface area (Å²) in [5.74, 6) is 0.880. The van der Waals surface area contributed by atoms with Crippen LogP contribution in [-0.2, 0) is 4.79 Å². The van der Waals surface area contributed by atoms with Gasteiger partial charge in [0.25, 0.3) is 0 Å². The number of ether oxygens (including phenoxy) is 1. The first kappa shape index (κ1) is 17.0. The normalized spacial score (nSPS) is 10.6. The van der Waals surface area contributed by atoms with Crippen molar-refractivity contribution in [1.82, 2.24) is 14.9 Å². The van der Waals surface area contributed by atoms with Crippen molar-refractivity contribution < 1.29 is 9.53 Å². The van der Waals surface area contributed by atoms with E-state index >= 15 is 0 Å². The van der Waals surface area contributed by atoms with Crippen LogP contribution >= 0.6 is 0 Å². The van der Waals surface area contributed by atoms with Gasteiger partial charge in [0.05, 0.1) is 12.6 Å². The summed E-state index contributed by atoms with van der Waals surface area (Å²) in [4.78, 5) is 23.8. The van der Waals surface area contributed by atoms with Gasteiger partial charge in [0.2, 0.25) is 11.8 Å². The summed E-state index contributed by atoms with van der Waals surface area (Å²) in [6.45, 7) is 9.28. The zero-order valence-electron chi connectivity index (χ0n) is 13.5. The summed E-state index contributed by atoms with van der Waals surface area (Å²) >= 11 is 0. The van der Waals surface area contributed by atoms with Gasteiger partial charge in [-0.05, 0) is 27.7 Å². The molecule has 0 bridgehead atoms. The number of hydrogen-bond donors (Lipinski definition) is 1. The topological polar surface area (TPSA) is 84.6 Å². The molecule has 0 radical (unpaired) electrons. The molecule has 1 aromatic rings. The first-order valence-corrected chi connectivity index (χ1v) is 7.16. The van der Waals surface area contributed by atoms with Crippen LogP contribution in [0.4, 0.5) is 11.5 Å². The standard InChI is InChI=1S/C14H25N5O2/c1-6-19(7-2)11(20)8-18(5)13-12(15)14(17-9-16-13)21-10(3)4/h9-10H,6-8,15H2,1-5H3. The van der Waals surface area contributed by atoms with Gasteiger partial charge in [0.1, 0.15) is 12.0 Å². The van der Waals surface area contributed by atoms with Crippen LogP contribution in [0.15, 0.2) is 6.33 Å². The van der Waals surface area contributed by atoms with Crippen molar-refractivity contribution in [2.24, 2.45) is 0 Å². The van der Waals surface area contributed by atoms with Gasteiger partial charge in [-0.1, -0.05) is 0 Å². The molecule has 2 N–H and O–H groups in total. The van der Waals surface area contributed by atoms with Gasteiger partial charge in [0, 0.05) is 20.1 Å². The maximum absolute atomic E-state index is 12.1. The molecule has 1 rings (SSSR count). The van der Waals surface area contributed by atoms with Crippen molar-refractivity contribution in [3.63, 3.8) is 0 Å². The number of carbonyl (C=O) groups is 1. The van der Waals surface area contributed by atoms with E-state index in [0.29, 0.717) is 30.5 Å². The van der Waals surface area contributed by atoms with E-state index in [-0.39, 0.29) is 18.6 Å². The molecular formula is C14H25N5O2. The van der Waals surface area contributed by atoms with E-state index in [9.17, 15) is 4.79 Å². The molecule has 0 fully saturated rings. The number of anilines is 2. The molecule has 1 amide bonds. The molecule has 0 aliphatic heterocycles. The average Bonchev–Trinajstić information content (AvgIpc) is 2.41. The molecule has 118 valence electrons. The number of aromatic nitrogens is 2. The Morgan fingerprint density at radius 1 is 1.33 bits per heavy atom. The number of hydrogen-bond acceptors (Lipinski definition) is 6. The SMILES string of the molecule is CCN(CC)C(=O)CN(C)c1ncnc(OC(C)C)c1N. The lowest BCUT2D eigenvalue weighted by Gasteiger charge is -2.24. The molecule has 7 nitrogen and oxygen atoms in total. The van der Waals surface area contributed by atoms with Crippen LogP contribution in [0.5, 0.6) is 5.88 Å². The molecule has 0 saturated carbocycles. The molecule has 0 atom stereocenters. The fraction of sp³-hybridized carbons (Fsp3) is 0.643. The number of likely N-dealkylation sites (N-methyl/N-ethyl adjacent to an activating group) is 2. The summed E-state index contributed by atoms with van der Waals surface area (Å²) in [6, 6.07) is 0. The van der Waals surface area contributed by atoms with Gasteiger partial charge in [-0.15, -0.1) is 0 Å². The van der Waals surface area contributed by atoms with Crippen LogP contribution in [-0.4, -0.2) is 53.6 Å². The quantitative estimate of drug-likeness (QED) is 0.812. The molecule has 0 aromatic carbocycles. The Balaban J connectivity index is 2.87. The number of nitrogens with zero attached hydrogens (tertiary/aromatic N) is 4. The van der Waals surface area contributed by atoms with E-state index in [1.54, 1.807) is 16.8 Å². The second kappa shape index (κ2) is 7.66. The van der Waals surface area contributed by atoms with Crippen LogP contribution in [0, 0.1) is 0 Å². The molecule has 0 aliphatic rings. The lowest BCUT2D eigenvalue weighted by atomic mass is 10.3. The molecule has 1 aromatic heterocycles. The molecule has 7 heteroatoms. The van der Waals surface area contributed by atoms with Crippen LogP contribution in [0.25, 0.3) is 0 Å². The highest BCUT2D eigenvalue weighted by Crippen LogP contribution is 2.27. The van der Waals surface area contributed by atoms with Gasteiger partial charge in [-0.25, -0.2) is 4.98 Å². The summed E-state index contributed by atoms with van der Waals surface area (Å²) < 4.78 is 5.53. The largest absolute Gasteiger partial charge is 0.473 e. The van der Waals surface area contributed by atoms with Crippen molar-refractivity contribution in [3.8, 4) is 5.88 Å². The van der Waals surface area contributed by atoms with Gasteiger partial charge in [-0.2, -0.15) is 4.98 Å². The minimum Gasteiger partial charge on any atom is -0.473 e. The molecule has 0 aliphatic carbocycles. The maximum Gasteiger partial charge on any atom is 0.242 e. The van der Waals surface area contributed by atoms with E-state index in [1.165, 1.54) is 6.33 Å². The second-order valence-electron chi connectivity index (χ2n) is 5.00. The van der Waals surface area contributed by atoms with Crippen molar-refractivity contribution in [1.29, 1.82) is 0 Å². The molecule has 0 spiro atoms. The van der Waals surface area contributed by atoms with Gasteiger partial charge < -0.3 is 20.3 Å². The molecule has 1 heterocycles. The number of carbonyl (C=O) groups excluding carboxylic acids is 1. The molecular weight excluding hydrogens is 270 g/mol. The Hall–Kier alpha value is -2.05. The van der Waals surface area contributed by atoms with Crippen LogP contribution in [0.2, 0.25) is 0 Å². The third-order valence-corrected chi connectivity index (χ3v) is 3.02. The molecule has 21 heavy (non-hydrogen) atoms. The van der Waals surface area contributed by atoms with E-state index in [4.69, 9.17) is 10.5 Å². The van der Waals surface area contributed by atoms with Gasteiger partial charge in [-0.3, -0.25) is 4.79 Å². The number of amides is 1. The Morgan fingerprint density at radius 3 is 2.48 bits per heavy atom. The highest BCUT2D eigenvalue weighted by molar-refractivity contribution is 5.82. The minimum absolute atomic E-state index is 0.0299. The number of nitrogens with two attached hydrogens (primary N) is 1. The van der Waals surface area contributed by atoms with E-state index in [0.717, 1.165) is 0 Å². The number of rotatable bonds is 7. The Kier molecular flexibility index (Phi) is 6.20. The van der Waals surface area contributed by atoms with E-state index < -0.39 is 0 Å². The first-order chi connectivity index (χ1) is 9.90. The highest BCUT2D eigenvalue weighted by Gasteiger charge is 2.18. The Morgan fingerprint density at radius 2 is 1.95 bits per heavy atom. The lowest BCUT2D eigenvalue weighted by Crippen LogP contribution is -2.39. The van der Waals surface area contributed by atoms with Gasteiger partial charge in [0.15, 0.2) is 5.82 Å². The molecule has 0 unspecified atom stereocenters. The second-order valence-corrected chi connectivity index (χ2v) is 5.00. The van der Waals surface area contributed by atoms with Crippen molar-refractivity contribution in [2.45, 2.75) is 33.8 Å². The Labute approximate surface area is 126 Å². The lowest BCUT2D eigenvalue weighted by molar-refractivity contribution is -0.129. The van der Waals surface area contributed by atoms with E-state index in [2.05, 4.69) is 9.97 Å². The van der Waals surface area contributed by atoms with Crippen molar-refractivity contribution in [3.05, 3.63) is 6.33 Å². The summed E-state index contributed by atoms with van der Waals surface area (Å²) in [6.07, 6.45) is 1.36. The summed E-state index contributed by atoms with van der Waals surface area (Å²) in [5.41, 5.74) is 6.38. The summed E-state index contributed by atoms with van der Waals surface area (Å²) in [7, 11) is 1.78. The predicted molar refractivity (Wildman–Crippen MR) is 83.4 cm³/mol. The van der Waals surface area contributed by atoms with Crippen molar-refractivity contribution >= 4 is 17.4 Å². The average molecular weight is 295 g/mol. The third-order valence-electron chi connectivity index (χ3n) is 3.02. The zero-order chi connectivity index (χ0) is 16.0. The van der Waals surface area contributed by atoms with Crippen LogP contribution in [0.3, 0.4) is 0 Å². The van der Waals surface area contributed by atoms with Crippen LogP contribution in [0.1, 0.15) is 27.7 Å². The minimum atomic E-state index is -0.0299. The van der Waals surface area contributed by atoms with Crippen LogP contribution < -0.4 is 15.4 Å². The van der Waals surface area contributed by atoms with E-state index in [1.807, 2.05) is 27.7 Å². The molecule has 0 saturated heterocycles. The van der Waals surface area contributed by atoms with Crippen molar-refractivity contribution in [2.75, 3.05) is 37.3 Å². The Bertz CT molecular complexity index is 474.